The first kappa shape index (κ1) is 12.2. The van der Waals surface area contributed by atoms with E-state index in [1.165, 1.54) is 6.07 Å². The van der Waals surface area contributed by atoms with E-state index in [2.05, 4.69) is 4.72 Å². The van der Waals surface area contributed by atoms with Crippen molar-refractivity contribution in [2.75, 3.05) is 10.5 Å². The molecular weight excluding hydrogens is 238 g/mol. The molecule has 1 aliphatic rings. The van der Waals surface area contributed by atoms with Gasteiger partial charge >= 0.3 is 0 Å². The van der Waals surface area contributed by atoms with E-state index in [0.29, 0.717) is 5.92 Å². The van der Waals surface area contributed by atoms with Gasteiger partial charge in [-0.05, 0) is 42.9 Å². The minimum atomic E-state index is -3.33. The highest BCUT2D eigenvalue weighted by molar-refractivity contribution is 7.92. The number of hydrogen-bond acceptors (Lipinski definition) is 3. The SMILES string of the molecule is CCc1ccc(O)c(NS(=O)(=O)CC2CC2)c1. The first-order valence-electron chi connectivity index (χ1n) is 5.82. The van der Waals surface area contributed by atoms with Crippen LogP contribution in [0.1, 0.15) is 25.3 Å². The lowest BCUT2D eigenvalue weighted by Crippen LogP contribution is -2.18. The molecule has 94 valence electrons. The average molecular weight is 255 g/mol. The van der Waals surface area contributed by atoms with Gasteiger partial charge in [-0.1, -0.05) is 13.0 Å². The Morgan fingerprint density at radius 1 is 1.41 bits per heavy atom. The Bertz CT molecular complexity index is 506. The van der Waals surface area contributed by atoms with Gasteiger partial charge in [0.1, 0.15) is 5.75 Å². The Balaban J connectivity index is 2.16. The van der Waals surface area contributed by atoms with E-state index in [1.54, 1.807) is 12.1 Å². The van der Waals surface area contributed by atoms with Gasteiger partial charge in [0.15, 0.2) is 0 Å². The van der Waals surface area contributed by atoms with Crippen LogP contribution in [0.5, 0.6) is 5.75 Å². The summed E-state index contributed by atoms with van der Waals surface area (Å²) in [6.45, 7) is 1.98. The van der Waals surface area contributed by atoms with E-state index in [0.717, 1.165) is 24.8 Å². The van der Waals surface area contributed by atoms with Crippen LogP contribution in [0, 0.1) is 5.92 Å². The minimum absolute atomic E-state index is 0.0263. The van der Waals surface area contributed by atoms with Crippen LogP contribution in [0.2, 0.25) is 0 Å². The largest absolute Gasteiger partial charge is 0.506 e. The second-order valence-corrected chi connectivity index (χ2v) is 6.30. The van der Waals surface area contributed by atoms with Crippen molar-refractivity contribution in [2.24, 2.45) is 5.92 Å². The maximum Gasteiger partial charge on any atom is 0.233 e. The molecule has 0 aliphatic heterocycles. The summed E-state index contributed by atoms with van der Waals surface area (Å²) in [5, 5.41) is 9.62. The van der Waals surface area contributed by atoms with Crippen molar-refractivity contribution in [1.82, 2.24) is 0 Å². The van der Waals surface area contributed by atoms with Crippen molar-refractivity contribution >= 4 is 15.7 Å². The van der Waals surface area contributed by atoms with Crippen molar-refractivity contribution < 1.29 is 13.5 Å². The van der Waals surface area contributed by atoms with Crippen LogP contribution in [0.15, 0.2) is 18.2 Å². The topological polar surface area (TPSA) is 66.4 Å². The van der Waals surface area contributed by atoms with Crippen LogP contribution in [0.3, 0.4) is 0 Å². The predicted molar refractivity (Wildman–Crippen MR) is 67.6 cm³/mol. The quantitative estimate of drug-likeness (QED) is 0.792. The van der Waals surface area contributed by atoms with Crippen molar-refractivity contribution in [3.63, 3.8) is 0 Å². The summed E-state index contributed by atoms with van der Waals surface area (Å²) in [4.78, 5) is 0. The molecule has 0 heterocycles. The third kappa shape index (κ3) is 3.36. The Morgan fingerprint density at radius 3 is 2.71 bits per heavy atom. The molecule has 0 bridgehead atoms. The van der Waals surface area contributed by atoms with Gasteiger partial charge in [-0.3, -0.25) is 4.72 Å². The van der Waals surface area contributed by atoms with Gasteiger partial charge in [-0.2, -0.15) is 0 Å². The summed E-state index contributed by atoms with van der Waals surface area (Å²) in [7, 11) is -3.33. The van der Waals surface area contributed by atoms with Crippen LogP contribution in [-0.4, -0.2) is 19.3 Å². The van der Waals surface area contributed by atoms with Crippen LogP contribution < -0.4 is 4.72 Å². The van der Waals surface area contributed by atoms with E-state index < -0.39 is 10.0 Å². The first-order chi connectivity index (χ1) is 8.00. The Kier molecular flexibility index (Phi) is 3.28. The fourth-order valence-corrected chi connectivity index (χ4v) is 3.22. The van der Waals surface area contributed by atoms with Crippen molar-refractivity contribution in [3.8, 4) is 5.75 Å². The highest BCUT2D eigenvalue weighted by Crippen LogP contribution is 2.32. The molecule has 0 aromatic heterocycles. The molecule has 1 aromatic rings. The van der Waals surface area contributed by atoms with Crippen molar-refractivity contribution in [3.05, 3.63) is 23.8 Å². The molecule has 0 spiro atoms. The maximum absolute atomic E-state index is 11.8. The number of benzene rings is 1. The summed E-state index contributed by atoms with van der Waals surface area (Å²) in [5.41, 5.74) is 1.27. The fraction of sp³-hybridized carbons (Fsp3) is 0.500. The number of phenols is 1. The molecule has 0 atom stereocenters. The zero-order chi connectivity index (χ0) is 12.5. The van der Waals surface area contributed by atoms with Crippen LogP contribution in [-0.2, 0) is 16.4 Å². The summed E-state index contributed by atoms with van der Waals surface area (Å²) < 4.78 is 26.0. The van der Waals surface area contributed by atoms with Gasteiger partial charge in [-0.15, -0.1) is 0 Å². The fourth-order valence-electron chi connectivity index (χ4n) is 1.69. The molecule has 17 heavy (non-hydrogen) atoms. The smallest absolute Gasteiger partial charge is 0.233 e. The van der Waals surface area contributed by atoms with Gasteiger partial charge in [0.2, 0.25) is 10.0 Å². The molecule has 5 heteroatoms. The zero-order valence-electron chi connectivity index (χ0n) is 9.81. The Hall–Kier alpha value is -1.23. The van der Waals surface area contributed by atoms with Crippen molar-refractivity contribution in [1.29, 1.82) is 0 Å². The third-order valence-electron chi connectivity index (χ3n) is 2.89. The molecule has 1 saturated carbocycles. The number of hydrogen-bond donors (Lipinski definition) is 2. The number of aromatic hydroxyl groups is 1. The molecular formula is C12H17NO3S. The van der Waals surface area contributed by atoms with Crippen LogP contribution in [0.25, 0.3) is 0 Å². The summed E-state index contributed by atoms with van der Waals surface area (Å²) in [6, 6.07) is 4.99. The van der Waals surface area contributed by atoms with E-state index in [4.69, 9.17) is 0 Å². The van der Waals surface area contributed by atoms with Crippen LogP contribution >= 0.6 is 0 Å². The molecule has 1 aliphatic carbocycles. The molecule has 4 nitrogen and oxygen atoms in total. The Labute approximate surface area is 102 Å². The molecule has 2 N–H and O–H groups in total. The normalized spacial score (nSPS) is 15.8. The van der Waals surface area contributed by atoms with E-state index in [1.807, 2.05) is 6.92 Å². The summed E-state index contributed by atoms with van der Waals surface area (Å²) in [6.07, 6.45) is 2.78. The lowest BCUT2D eigenvalue weighted by atomic mass is 10.1. The highest BCUT2D eigenvalue weighted by atomic mass is 32.2. The minimum Gasteiger partial charge on any atom is -0.506 e. The first-order valence-corrected chi connectivity index (χ1v) is 7.48. The van der Waals surface area contributed by atoms with E-state index in [-0.39, 0.29) is 17.2 Å². The summed E-state index contributed by atoms with van der Waals surface area (Å²) >= 11 is 0. The molecule has 1 aromatic carbocycles. The van der Waals surface area contributed by atoms with Crippen molar-refractivity contribution in [2.45, 2.75) is 26.2 Å². The number of sulfonamides is 1. The summed E-state index contributed by atoms with van der Waals surface area (Å²) in [5.74, 6) is 0.425. The molecule has 0 amide bonds. The van der Waals surface area contributed by atoms with Gasteiger partial charge in [0.25, 0.3) is 0 Å². The zero-order valence-corrected chi connectivity index (χ0v) is 10.6. The molecule has 2 rings (SSSR count). The number of phenolic OH excluding ortho intramolecular Hbond substituents is 1. The molecule has 0 radical (unpaired) electrons. The number of rotatable bonds is 5. The van der Waals surface area contributed by atoms with E-state index in [9.17, 15) is 13.5 Å². The maximum atomic E-state index is 11.8. The number of aryl methyl sites for hydroxylation is 1. The van der Waals surface area contributed by atoms with Gasteiger partial charge in [0, 0.05) is 0 Å². The molecule has 0 unspecified atom stereocenters. The lowest BCUT2D eigenvalue weighted by Gasteiger charge is -2.10. The van der Waals surface area contributed by atoms with E-state index >= 15 is 0 Å². The molecule has 1 fully saturated rings. The Morgan fingerprint density at radius 2 is 2.12 bits per heavy atom. The average Bonchev–Trinajstić information content (AvgIpc) is 3.04. The highest BCUT2D eigenvalue weighted by Gasteiger charge is 2.28. The lowest BCUT2D eigenvalue weighted by molar-refractivity contribution is 0.477. The third-order valence-corrected chi connectivity index (χ3v) is 4.33. The standard InChI is InChI=1S/C12H17NO3S/c1-2-9-5-6-12(14)11(7-9)13-17(15,16)8-10-3-4-10/h5-7,10,13-14H,2-4,8H2,1H3. The van der Waals surface area contributed by atoms with Gasteiger partial charge in [0.05, 0.1) is 11.4 Å². The predicted octanol–water partition coefficient (Wildman–Crippen LogP) is 2.11. The van der Waals surface area contributed by atoms with Crippen LogP contribution in [0.4, 0.5) is 5.69 Å². The second kappa shape index (κ2) is 4.56. The monoisotopic (exact) mass is 255 g/mol. The number of nitrogens with one attached hydrogen (secondary N) is 1. The second-order valence-electron chi connectivity index (χ2n) is 4.53. The molecule has 0 saturated heterocycles. The number of anilines is 1. The van der Waals surface area contributed by atoms with Gasteiger partial charge < -0.3 is 5.11 Å². The van der Waals surface area contributed by atoms with Gasteiger partial charge in [-0.25, -0.2) is 8.42 Å².